The van der Waals surface area contributed by atoms with Gasteiger partial charge in [-0.15, -0.1) is 0 Å². The third kappa shape index (κ3) is 7.10. The van der Waals surface area contributed by atoms with Crippen molar-refractivity contribution >= 4 is 0 Å². The van der Waals surface area contributed by atoms with E-state index in [-0.39, 0.29) is 6.10 Å². The van der Waals surface area contributed by atoms with E-state index in [1.54, 1.807) is 0 Å². The van der Waals surface area contributed by atoms with E-state index >= 15 is 0 Å². The van der Waals surface area contributed by atoms with Gasteiger partial charge in [0.25, 0.3) is 0 Å². The second kappa shape index (κ2) is 12.1. The maximum atomic E-state index is 6.83. The van der Waals surface area contributed by atoms with Crippen LogP contribution in [-0.2, 0) is 4.74 Å². The summed E-state index contributed by atoms with van der Waals surface area (Å²) >= 11 is 0. The molecule has 2 aliphatic heterocycles. The molecule has 3 rings (SSSR count). The van der Waals surface area contributed by atoms with Crippen LogP contribution in [0.4, 0.5) is 0 Å². The second-order valence-corrected chi connectivity index (χ2v) is 9.99. The van der Waals surface area contributed by atoms with Gasteiger partial charge in [-0.3, -0.25) is 4.90 Å². The van der Waals surface area contributed by atoms with Crippen LogP contribution in [0.2, 0.25) is 0 Å². The lowest BCUT2D eigenvalue weighted by molar-refractivity contribution is -0.0664. The van der Waals surface area contributed by atoms with Gasteiger partial charge in [0.2, 0.25) is 0 Å². The number of hydrogen-bond donors (Lipinski definition) is 0. The molecule has 2 saturated heterocycles. The number of benzene rings is 1. The van der Waals surface area contributed by atoms with E-state index < -0.39 is 0 Å². The van der Waals surface area contributed by atoms with Gasteiger partial charge >= 0.3 is 0 Å². The fraction of sp³-hybridized carbons (Fsp3) is 0.778. The first-order valence-electron chi connectivity index (χ1n) is 12.6. The van der Waals surface area contributed by atoms with Crippen LogP contribution in [0, 0.1) is 5.92 Å². The molecule has 2 aliphatic rings. The lowest BCUT2D eigenvalue weighted by Crippen LogP contribution is -2.46. The highest BCUT2D eigenvalue weighted by Crippen LogP contribution is 2.39. The maximum absolute atomic E-state index is 6.83. The molecule has 2 nitrogen and oxygen atoms in total. The monoisotopic (exact) mass is 399 g/mol. The maximum Gasteiger partial charge on any atom is 0.0828 e. The molecule has 0 N–H and O–H groups in total. The Morgan fingerprint density at radius 3 is 2.21 bits per heavy atom. The Balaban J connectivity index is 1.52. The summed E-state index contributed by atoms with van der Waals surface area (Å²) in [5.41, 5.74) is 1.38. The molecule has 1 aromatic rings. The van der Waals surface area contributed by atoms with Gasteiger partial charge in [-0.2, -0.15) is 0 Å². The fourth-order valence-corrected chi connectivity index (χ4v) is 5.43. The van der Waals surface area contributed by atoms with Crippen molar-refractivity contribution in [3.8, 4) is 0 Å². The van der Waals surface area contributed by atoms with Crippen LogP contribution in [-0.4, -0.2) is 29.6 Å². The van der Waals surface area contributed by atoms with Crippen LogP contribution < -0.4 is 0 Å². The molecule has 0 saturated carbocycles. The highest BCUT2D eigenvalue weighted by atomic mass is 16.5. The molecule has 4 atom stereocenters. The van der Waals surface area contributed by atoms with Crippen molar-refractivity contribution in [2.24, 2.45) is 5.92 Å². The van der Waals surface area contributed by atoms with Gasteiger partial charge in [0, 0.05) is 12.1 Å². The molecule has 2 fully saturated rings. The molecule has 2 bridgehead atoms. The molecule has 0 radical (unpaired) electrons. The Kier molecular flexibility index (Phi) is 9.52. The molecule has 2 heterocycles. The van der Waals surface area contributed by atoms with Gasteiger partial charge < -0.3 is 4.74 Å². The molecule has 164 valence electrons. The number of unbranched alkanes of at least 4 members (excludes halogenated alkanes) is 5. The predicted molar refractivity (Wildman–Crippen MR) is 124 cm³/mol. The van der Waals surface area contributed by atoms with Gasteiger partial charge in [-0.1, -0.05) is 89.6 Å². The number of nitrogens with zero attached hydrogens (tertiary/aromatic N) is 1. The molecule has 2 unspecified atom stereocenters. The first-order chi connectivity index (χ1) is 14.2. The van der Waals surface area contributed by atoms with E-state index in [1.165, 1.54) is 89.2 Å². The SMILES string of the molecule is CCCCCCCCC(OC1C[C@H]2CC[C@@H](C1)N2CCC(C)C)c1ccccc1. The lowest BCUT2D eigenvalue weighted by atomic mass is 9.96. The average molecular weight is 400 g/mol. The largest absolute Gasteiger partial charge is 0.370 e. The summed E-state index contributed by atoms with van der Waals surface area (Å²) in [5, 5.41) is 0. The summed E-state index contributed by atoms with van der Waals surface area (Å²) in [6.07, 6.45) is 16.7. The smallest absolute Gasteiger partial charge is 0.0828 e. The second-order valence-electron chi connectivity index (χ2n) is 9.99. The van der Waals surface area contributed by atoms with Gasteiger partial charge in [0.1, 0.15) is 0 Å². The zero-order valence-corrected chi connectivity index (χ0v) is 19.3. The van der Waals surface area contributed by atoms with E-state index in [9.17, 15) is 0 Å². The minimum absolute atomic E-state index is 0.286. The molecule has 0 aliphatic carbocycles. The van der Waals surface area contributed by atoms with Crippen molar-refractivity contribution in [3.63, 3.8) is 0 Å². The van der Waals surface area contributed by atoms with Crippen molar-refractivity contribution in [2.45, 2.75) is 122 Å². The quantitative estimate of drug-likeness (QED) is 0.318. The van der Waals surface area contributed by atoms with E-state index in [2.05, 4.69) is 56.0 Å². The Labute approximate surface area is 180 Å². The molecular formula is C27H45NO. The molecular weight excluding hydrogens is 354 g/mol. The number of rotatable bonds is 13. The van der Waals surface area contributed by atoms with Gasteiger partial charge in [0.15, 0.2) is 0 Å². The molecule has 0 amide bonds. The highest BCUT2D eigenvalue weighted by Gasteiger charge is 2.41. The Morgan fingerprint density at radius 2 is 1.55 bits per heavy atom. The van der Waals surface area contributed by atoms with Crippen LogP contribution >= 0.6 is 0 Å². The lowest BCUT2D eigenvalue weighted by Gasteiger charge is -2.40. The summed E-state index contributed by atoms with van der Waals surface area (Å²) in [6, 6.07) is 12.5. The third-order valence-corrected chi connectivity index (χ3v) is 7.15. The first kappa shape index (κ1) is 22.8. The molecule has 0 spiro atoms. The van der Waals surface area contributed by atoms with Crippen molar-refractivity contribution in [1.29, 1.82) is 0 Å². The predicted octanol–water partition coefficient (Wildman–Crippen LogP) is 7.54. The van der Waals surface area contributed by atoms with Crippen LogP contribution in [0.5, 0.6) is 0 Å². The summed E-state index contributed by atoms with van der Waals surface area (Å²) in [5.74, 6) is 0.808. The van der Waals surface area contributed by atoms with E-state index in [1.807, 2.05) is 0 Å². The highest BCUT2D eigenvalue weighted by molar-refractivity contribution is 5.17. The standard InChI is InChI=1S/C27H45NO/c1-4-5-6-7-8-12-15-27(23-13-10-9-11-14-23)29-26-20-24-16-17-25(21-26)28(24)19-18-22(2)3/h9-11,13-14,22,24-27H,4-8,12,15-21H2,1-3H3/t24-,25+,26?,27?. The topological polar surface area (TPSA) is 12.5 Å². The van der Waals surface area contributed by atoms with Crippen molar-refractivity contribution in [3.05, 3.63) is 35.9 Å². The number of hydrogen-bond acceptors (Lipinski definition) is 2. The van der Waals surface area contributed by atoms with E-state index in [4.69, 9.17) is 4.74 Å². The summed E-state index contributed by atoms with van der Waals surface area (Å²) in [6.45, 7) is 8.29. The first-order valence-corrected chi connectivity index (χ1v) is 12.6. The third-order valence-electron chi connectivity index (χ3n) is 7.15. The minimum atomic E-state index is 0.286. The van der Waals surface area contributed by atoms with Gasteiger partial charge in [-0.25, -0.2) is 0 Å². The number of piperidine rings is 1. The fourth-order valence-electron chi connectivity index (χ4n) is 5.43. The van der Waals surface area contributed by atoms with Crippen molar-refractivity contribution < 1.29 is 4.74 Å². The van der Waals surface area contributed by atoms with E-state index in [0.29, 0.717) is 6.10 Å². The summed E-state index contributed by atoms with van der Waals surface area (Å²) < 4.78 is 6.83. The molecule has 29 heavy (non-hydrogen) atoms. The summed E-state index contributed by atoms with van der Waals surface area (Å²) in [4.78, 5) is 2.82. The van der Waals surface area contributed by atoms with Gasteiger partial charge in [0.05, 0.1) is 12.2 Å². The zero-order chi connectivity index (χ0) is 20.5. The average Bonchev–Trinajstić information content (AvgIpc) is 2.96. The van der Waals surface area contributed by atoms with Crippen LogP contribution in [0.25, 0.3) is 0 Å². The Hall–Kier alpha value is -0.860. The zero-order valence-electron chi connectivity index (χ0n) is 19.3. The molecule has 1 aromatic carbocycles. The molecule has 0 aromatic heterocycles. The van der Waals surface area contributed by atoms with Crippen LogP contribution in [0.1, 0.15) is 109 Å². The normalized spacial score (nSPS) is 25.6. The Bertz CT molecular complexity index is 543. The summed E-state index contributed by atoms with van der Waals surface area (Å²) in [7, 11) is 0. The molecule has 2 heteroatoms. The van der Waals surface area contributed by atoms with Crippen molar-refractivity contribution in [2.75, 3.05) is 6.54 Å². The van der Waals surface area contributed by atoms with Crippen LogP contribution in [0.3, 0.4) is 0 Å². The number of ether oxygens (including phenoxy) is 1. The van der Waals surface area contributed by atoms with Crippen molar-refractivity contribution in [1.82, 2.24) is 4.90 Å². The Morgan fingerprint density at radius 1 is 0.897 bits per heavy atom. The van der Waals surface area contributed by atoms with Gasteiger partial charge in [-0.05, 0) is 56.6 Å². The number of fused-ring (bicyclic) bond motifs is 2. The minimum Gasteiger partial charge on any atom is -0.370 e. The van der Waals surface area contributed by atoms with E-state index in [0.717, 1.165) is 18.0 Å². The van der Waals surface area contributed by atoms with Crippen LogP contribution in [0.15, 0.2) is 30.3 Å².